The second-order valence-electron chi connectivity index (χ2n) is 4.96. The molecule has 108 valence electrons. The lowest BCUT2D eigenvalue weighted by Gasteiger charge is -2.08. The first-order valence-corrected chi connectivity index (χ1v) is 6.72. The number of hydrogen-bond donors (Lipinski definition) is 1. The van der Waals surface area contributed by atoms with Crippen LogP contribution in [0, 0.1) is 18.3 Å². The Balaban J connectivity index is 2.14. The van der Waals surface area contributed by atoms with Gasteiger partial charge in [0.15, 0.2) is 5.82 Å². The summed E-state index contributed by atoms with van der Waals surface area (Å²) in [5.74, 6) is 0.369. The highest BCUT2D eigenvalue weighted by molar-refractivity contribution is 5.89. The predicted octanol–water partition coefficient (Wildman–Crippen LogP) is 2.53. The molecule has 1 amide bonds. The van der Waals surface area contributed by atoms with Crippen LogP contribution >= 0.6 is 0 Å². The molecule has 22 heavy (non-hydrogen) atoms. The van der Waals surface area contributed by atoms with Gasteiger partial charge in [-0.15, -0.1) is 5.10 Å². The molecule has 0 radical (unpaired) electrons. The first-order chi connectivity index (χ1) is 10.6. The zero-order chi connectivity index (χ0) is 15.7. The van der Waals surface area contributed by atoms with E-state index in [2.05, 4.69) is 21.5 Å². The van der Waals surface area contributed by atoms with E-state index in [1.807, 2.05) is 25.1 Å². The quantitative estimate of drug-likeness (QED) is 0.786. The van der Waals surface area contributed by atoms with Crippen LogP contribution in [0.3, 0.4) is 0 Å². The van der Waals surface area contributed by atoms with Gasteiger partial charge in [0.1, 0.15) is 11.8 Å². The van der Waals surface area contributed by atoms with Gasteiger partial charge in [-0.3, -0.25) is 4.79 Å². The van der Waals surface area contributed by atoms with Gasteiger partial charge < -0.3 is 5.32 Å². The summed E-state index contributed by atoms with van der Waals surface area (Å²) in [5.41, 5.74) is 3.69. The number of fused-ring (bicyclic) bond motifs is 1. The van der Waals surface area contributed by atoms with Crippen LogP contribution in [-0.4, -0.2) is 20.5 Å². The maximum absolute atomic E-state index is 11.2. The fraction of sp³-hybridized carbons (Fsp3) is 0.125. The van der Waals surface area contributed by atoms with Gasteiger partial charge in [-0.2, -0.15) is 5.26 Å². The Morgan fingerprint density at radius 1 is 1.32 bits per heavy atom. The number of aryl methyl sites for hydroxylation is 1. The molecule has 6 heteroatoms. The van der Waals surface area contributed by atoms with Crippen LogP contribution in [0.2, 0.25) is 0 Å². The minimum atomic E-state index is -0.136. The summed E-state index contributed by atoms with van der Waals surface area (Å²) >= 11 is 0. The Kier molecular flexibility index (Phi) is 3.31. The largest absolute Gasteiger partial charge is 0.326 e. The standard InChI is InChI=1S/C16H13N5O/c1-10-3-4-12(19-11(2)22)7-15(10)16-18-9-14-6-5-13(8-17)21(14)20-16/h3-7,9H,1-2H3,(H,19,22). The summed E-state index contributed by atoms with van der Waals surface area (Å²) in [6.45, 7) is 3.41. The number of hydrogen-bond acceptors (Lipinski definition) is 4. The molecule has 3 rings (SSSR count). The fourth-order valence-corrected chi connectivity index (χ4v) is 2.25. The van der Waals surface area contributed by atoms with Crippen molar-refractivity contribution in [1.82, 2.24) is 14.6 Å². The number of nitrogens with zero attached hydrogens (tertiary/aromatic N) is 4. The van der Waals surface area contributed by atoms with Crippen molar-refractivity contribution in [3.63, 3.8) is 0 Å². The molecule has 1 aromatic carbocycles. The Morgan fingerprint density at radius 3 is 2.86 bits per heavy atom. The third-order valence-electron chi connectivity index (χ3n) is 3.31. The van der Waals surface area contributed by atoms with Crippen LogP contribution in [0.15, 0.2) is 36.5 Å². The lowest BCUT2D eigenvalue weighted by Crippen LogP contribution is -2.06. The number of benzene rings is 1. The molecule has 1 N–H and O–H groups in total. The number of amides is 1. The first-order valence-electron chi connectivity index (χ1n) is 6.72. The highest BCUT2D eigenvalue weighted by atomic mass is 16.1. The SMILES string of the molecule is CC(=O)Nc1ccc(C)c(-c2ncc3ccc(C#N)n3n2)c1. The van der Waals surface area contributed by atoms with Gasteiger partial charge in [-0.05, 0) is 36.8 Å². The average molecular weight is 291 g/mol. The van der Waals surface area contributed by atoms with Crippen molar-refractivity contribution in [2.45, 2.75) is 13.8 Å². The number of aromatic nitrogens is 3. The maximum Gasteiger partial charge on any atom is 0.221 e. The summed E-state index contributed by atoms with van der Waals surface area (Å²) < 4.78 is 1.56. The molecular formula is C16H13N5O. The van der Waals surface area contributed by atoms with Crippen molar-refractivity contribution in [3.8, 4) is 17.5 Å². The molecule has 0 saturated heterocycles. The van der Waals surface area contributed by atoms with Crippen LogP contribution in [0.4, 0.5) is 5.69 Å². The van der Waals surface area contributed by atoms with Gasteiger partial charge in [-0.25, -0.2) is 9.50 Å². The van der Waals surface area contributed by atoms with Crippen molar-refractivity contribution in [1.29, 1.82) is 5.26 Å². The van der Waals surface area contributed by atoms with Crippen LogP contribution in [0.25, 0.3) is 16.9 Å². The number of nitriles is 1. The third kappa shape index (κ3) is 2.40. The summed E-state index contributed by atoms with van der Waals surface area (Å²) in [7, 11) is 0. The van der Waals surface area contributed by atoms with E-state index in [-0.39, 0.29) is 5.91 Å². The van der Waals surface area contributed by atoms with Crippen LogP contribution in [0.5, 0.6) is 0 Å². The minimum Gasteiger partial charge on any atom is -0.326 e. The first kappa shape index (κ1) is 13.8. The van der Waals surface area contributed by atoms with Gasteiger partial charge >= 0.3 is 0 Å². The molecule has 3 aromatic rings. The molecule has 0 aliphatic rings. The van der Waals surface area contributed by atoms with Gasteiger partial charge in [0.05, 0.1) is 11.7 Å². The molecule has 0 saturated carbocycles. The molecular weight excluding hydrogens is 278 g/mol. The van der Waals surface area contributed by atoms with Crippen molar-refractivity contribution < 1.29 is 4.79 Å². The summed E-state index contributed by atoms with van der Waals surface area (Å²) in [4.78, 5) is 15.5. The van der Waals surface area contributed by atoms with Crippen molar-refractivity contribution in [2.24, 2.45) is 0 Å². The maximum atomic E-state index is 11.2. The van der Waals surface area contributed by atoms with E-state index in [0.29, 0.717) is 17.2 Å². The Morgan fingerprint density at radius 2 is 2.14 bits per heavy atom. The van der Waals surface area contributed by atoms with Crippen LogP contribution in [-0.2, 0) is 4.79 Å². The number of carbonyl (C=O) groups excluding carboxylic acids is 1. The number of anilines is 1. The van der Waals surface area contributed by atoms with Crippen LogP contribution < -0.4 is 5.32 Å². The molecule has 0 spiro atoms. The van der Waals surface area contributed by atoms with E-state index >= 15 is 0 Å². The molecule has 0 aliphatic carbocycles. The molecule has 0 bridgehead atoms. The summed E-state index contributed by atoms with van der Waals surface area (Å²) in [6.07, 6.45) is 1.67. The summed E-state index contributed by atoms with van der Waals surface area (Å²) in [5, 5.41) is 16.3. The molecule has 6 nitrogen and oxygen atoms in total. The lowest BCUT2D eigenvalue weighted by molar-refractivity contribution is -0.114. The second-order valence-corrected chi connectivity index (χ2v) is 4.96. The molecule has 0 fully saturated rings. The lowest BCUT2D eigenvalue weighted by atomic mass is 10.1. The molecule has 0 atom stereocenters. The summed E-state index contributed by atoms with van der Waals surface area (Å²) in [6, 6.07) is 11.1. The van der Waals surface area contributed by atoms with E-state index in [4.69, 9.17) is 5.26 Å². The zero-order valence-corrected chi connectivity index (χ0v) is 12.2. The third-order valence-corrected chi connectivity index (χ3v) is 3.31. The van der Waals surface area contributed by atoms with E-state index < -0.39 is 0 Å². The van der Waals surface area contributed by atoms with E-state index in [1.54, 1.807) is 22.8 Å². The topological polar surface area (TPSA) is 83.1 Å². The normalized spacial score (nSPS) is 10.4. The minimum absolute atomic E-state index is 0.136. The Hall–Kier alpha value is -3.20. The van der Waals surface area contributed by atoms with E-state index in [1.165, 1.54) is 6.92 Å². The highest BCUT2D eigenvalue weighted by Gasteiger charge is 2.10. The van der Waals surface area contributed by atoms with Gasteiger partial charge in [0.25, 0.3) is 0 Å². The molecule has 0 unspecified atom stereocenters. The number of nitrogens with one attached hydrogen (secondary N) is 1. The number of carbonyl (C=O) groups is 1. The average Bonchev–Trinajstić information content (AvgIpc) is 2.91. The van der Waals surface area contributed by atoms with Crippen LogP contribution in [0.1, 0.15) is 18.2 Å². The van der Waals surface area contributed by atoms with Crippen molar-refractivity contribution in [2.75, 3.05) is 5.32 Å². The Labute approximate surface area is 127 Å². The van der Waals surface area contributed by atoms with Gasteiger partial charge in [-0.1, -0.05) is 6.07 Å². The van der Waals surface area contributed by atoms with E-state index in [0.717, 1.165) is 16.6 Å². The van der Waals surface area contributed by atoms with Crippen molar-refractivity contribution in [3.05, 3.63) is 47.8 Å². The smallest absolute Gasteiger partial charge is 0.221 e. The van der Waals surface area contributed by atoms with Gasteiger partial charge in [0, 0.05) is 18.2 Å². The number of rotatable bonds is 2. The van der Waals surface area contributed by atoms with Crippen molar-refractivity contribution >= 4 is 17.1 Å². The molecule has 0 aliphatic heterocycles. The zero-order valence-electron chi connectivity index (χ0n) is 12.2. The molecule has 2 aromatic heterocycles. The second kappa shape index (κ2) is 5.30. The highest BCUT2D eigenvalue weighted by Crippen LogP contribution is 2.24. The van der Waals surface area contributed by atoms with Gasteiger partial charge in [0.2, 0.25) is 5.91 Å². The molecule has 2 heterocycles. The van der Waals surface area contributed by atoms with E-state index in [9.17, 15) is 4.79 Å². The fourth-order valence-electron chi connectivity index (χ4n) is 2.25. The predicted molar refractivity (Wildman–Crippen MR) is 82.2 cm³/mol. The Bertz CT molecular complexity index is 920. The monoisotopic (exact) mass is 291 g/mol.